The summed E-state index contributed by atoms with van der Waals surface area (Å²) in [6.07, 6.45) is 2.72. The fourth-order valence-corrected chi connectivity index (χ4v) is 5.03. The number of aromatic nitrogens is 2. The molecule has 1 atom stereocenters. The van der Waals surface area contributed by atoms with E-state index in [-0.39, 0.29) is 24.2 Å². The lowest BCUT2D eigenvalue weighted by atomic mass is 10.1. The van der Waals surface area contributed by atoms with Gasteiger partial charge in [-0.15, -0.1) is 10.2 Å². The van der Waals surface area contributed by atoms with Gasteiger partial charge in [0.2, 0.25) is 11.8 Å². The SMILES string of the molecule is Cc1ccc(N2CC(C(=O)N3CCN(c4ccc(N5CCCC5)nn4)CC3)CC2=O)cc1C. The Morgan fingerprint density at radius 2 is 1.48 bits per heavy atom. The van der Waals surface area contributed by atoms with Crippen LogP contribution in [0.2, 0.25) is 0 Å². The topological polar surface area (TPSA) is 72.9 Å². The highest BCUT2D eigenvalue weighted by atomic mass is 16.2. The zero-order valence-corrected chi connectivity index (χ0v) is 19.5. The van der Waals surface area contributed by atoms with Crippen LogP contribution in [0.15, 0.2) is 30.3 Å². The molecule has 174 valence electrons. The minimum absolute atomic E-state index is 0.0311. The maximum absolute atomic E-state index is 13.2. The molecular weight excluding hydrogens is 416 g/mol. The van der Waals surface area contributed by atoms with E-state index in [1.165, 1.54) is 18.4 Å². The van der Waals surface area contributed by atoms with Crippen LogP contribution in [-0.4, -0.2) is 72.7 Å². The highest BCUT2D eigenvalue weighted by Gasteiger charge is 2.38. The van der Waals surface area contributed by atoms with Crippen LogP contribution < -0.4 is 14.7 Å². The Morgan fingerprint density at radius 3 is 2.09 bits per heavy atom. The summed E-state index contributed by atoms with van der Waals surface area (Å²) in [6, 6.07) is 10.1. The number of aryl methyl sites for hydroxylation is 2. The quantitative estimate of drug-likeness (QED) is 0.715. The molecule has 0 aliphatic carbocycles. The minimum atomic E-state index is -0.273. The van der Waals surface area contributed by atoms with Crippen molar-refractivity contribution in [3.8, 4) is 0 Å². The number of amides is 2. The van der Waals surface area contributed by atoms with E-state index in [4.69, 9.17) is 0 Å². The first-order valence-electron chi connectivity index (χ1n) is 12.0. The summed E-state index contributed by atoms with van der Waals surface area (Å²) < 4.78 is 0. The van der Waals surface area contributed by atoms with Crippen molar-refractivity contribution >= 4 is 29.1 Å². The second-order valence-corrected chi connectivity index (χ2v) is 9.43. The zero-order chi connectivity index (χ0) is 22.9. The molecule has 8 nitrogen and oxygen atoms in total. The molecule has 3 aliphatic heterocycles. The third-order valence-corrected chi connectivity index (χ3v) is 7.26. The van der Waals surface area contributed by atoms with Crippen LogP contribution >= 0.6 is 0 Å². The van der Waals surface area contributed by atoms with Gasteiger partial charge in [-0.3, -0.25) is 9.59 Å². The van der Waals surface area contributed by atoms with Gasteiger partial charge in [0.15, 0.2) is 11.6 Å². The summed E-state index contributed by atoms with van der Waals surface area (Å²) in [7, 11) is 0. The summed E-state index contributed by atoms with van der Waals surface area (Å²) in [5.74, 6) is 1.66. The molecule has 1 unspecified atom stereocenters. The van der Waals surface area contributed by atoms with Crippen LogP contribution in [0, 0.1) is 19.8 Å². The zero-order valence-electron chi connectivity index (χ0n) is 19.5. The molecule has 8 heteroatoms. The lowest BCUT2D eigenvalue weighted by molar-refractivity contribution is -0.136. The summed E-state index contributed by atoms with van der Waals surface area (Å²) in [4.78, 5) is 34.0. The number of anilines is 3. The molecule has 0 radical (unpaired) electrons. The van der Waals surface area contributed by atoms with E-state index < -0.39 is 0 Å². The number of nitrogens with zero attached hydrogens (tertiary/aromatic N) is 6. The second-order valence-electron chi connectivity index (χ2n) is 9.43. The van der Waals surface area contributed by atoms with E-state index >= 15 is 0 Å². The third-order valence-electron chi connectivity index (χ3n) is 7.26. The first kappa shape index (κ1) is 21.7. The van der Waals surface area contributed by atoms with Gasteiger partial charge in [0.1, 0.15) is 0 Å². The van der Waals surface area contributed by atoms with Gasteiger partial charge >= 0.3 is 0 Å². The van der Waals surface area contributed by atoms with Gasteiger partial charge in [0, 0.05) is 57.9 Å². The molecule has 0 spiro atoms. The average molecular weight is 449 g/mol. The van der Waals surface area contributed by atoms with E-state index in [2.05, 4.69) is 33.0 Å². The highest BCUT2D eigenvalue weighted by Crippen LogP contribution is 2.28. The maximum atomic E-state index is 13.2. The molecule has 1 aromatic heterocycles. The van der Waals surface area contributed by atoms with E-state index in [0.717, 1.165) is 49.1 Å². The summed E-state index contributed by atoms with van der Waals surface area (Å²) in [6.45, 7) is 9.42. The third kappa shape index (κ3) is 4.38. The fourth-order valence-electron chi connectivity index (χ4n) is 5.03. The van der Waals surface area contributed by atoms with Crippen LogP contribution in [0.3, 0.4) is 0 Å². The molecule has 0 saturated carbocycles. The molecule has 0 bridgehead atoms. The van der Waals surface area contributed by atoms with Crippen LogP contribution in [-0.2, 0) is 9.59 Å². The molecular formula is C25H32N6O2. The van der Waals surface area contributed by atoms with E-state index in [0.29, 0.717) is 19.6 Å². The number of piperazine rings is 1. The largest absolute Gasteiger partial charge is 0.355 e. The summed E-state index contributed by atoms with van der Waals surface area (Å²) >= 11 is 0. The molecule has 4 heterocycles. The second kappa shape index (κ2) is 9.00. The number of hydrogen-bond donors (Lipinski definition) is 0. The van der Waals surface area contributed by atoms with Gasteiger partial charge < -0.3 is 19.6 Å². The lowest BCUT2D eigenvalue weighted by Crippen LogP contribution is -2.51. The van der Waals surface area contributed by atoms with Crippen molar-refractivity contribution in [1.82, 2.24) is 15.1 Å². The van der Waals surface area contributed by atoms with E-state index in [9.17, 15) is 9.59 Å². The van der Waals surface area contributed by atoms with Crippen molar-refractivity contribution in [1.29, 1.82) is 0 Å². The molecule has 0 N–H and O–H groups in total. The molecule has 33 heavy (non-hydrogen) atoms. The van der Waals surface area contributed by atoms with Crippen molar-refractivity contribution in [3.05, 3.63) is 41.5 Å². The van der Waals surface area contributed by atoms with Crippen molar-refractivity contribution in [2.45, 2.75) is 33.1 Å². The predicted molar refractivity (Wildman–Crippen MR) is 129 cm³/mol. The van der Waals surface area contributed by atoms with Gasteiger partial charge in [-0.1, -0.05) is 6.07 Å². The van der Waals surface area contributed by atoms with Gasteiger partial charge in [0.05, 0.1) is 5.92 Å². The van der Waals surface area contributed by atoms with Gasteiger partial charge in [-0.25, -0.2) is 0 Å². The van der Waals surface area contributed by atoms with Crippen LogP contribution in [0.4, 0.5) is 17.3 Å². The number of carbonyl (C=O) groups is 2. The number of rotatable bonds is 4. The van der Waals surface area contributed by atoms with E-state index in [1.807, 2.05) is 36.1 Å². The van der Waals surface area contributed by atoms with Crippen molar-refractivity contribution in [3.63, 3.8) is 0 Å². The lowest BCUT2D eigenvalue weighted by Gasteiger charge is -2.36. The van der Waals surface area contributed by atoms with Gasteiger partial charge in [0.25, 0.3) is 0 Å². The number of carbonyl (C=O) groups excluding carboxylic acids is 2. The van der Waals surface area contributed by atoms with Gasteiger partial charge in [-0.2, -0.15) is 0 Å². The standard InChI is InChI=1S/C25H32N6O2/c1-18-5-6-21(15-19(18)2)31-17-20(16-24(31)32)25(33)30-13-11-29(12-14-30)23-8-7-22(26-27-23)28-9-3-4-10-28/h5-8,15,20H,3-4,9-14,16-17H2,1-2H3. The van der Waals surface area contributed by atoms with Crippen LogP contribution in [0.25, 0.3) is 0 Å². The molecule has 1 aromatic carbocycles. The minimum Gasteiger partial charge on any atom is -0.355 e. The fraction of sp³-hybridized carbons (Fsp3) is 0.520. The average Bonchev–Trinajstić information content (AvgIpc) is 3.51. The summed E-state index contributed by atoms with van der Waals surface area (Å²) in [5, 5.41) is 8.86. The molecule has 2 aromatic rings. The number of hydrogen-bond acceptors (Lipinski definition) is 6. The summed E-state index contributed by atoms with van der Waals surface area (Å²) in [5.41, 5.74) is 3.24. The van der Waals surface area contributed by atoms with E-state index in [1.54, 1.807) is 4.90 Å². The molecule has 3 fully saturated rings. The Hall–Kier alpha value is -3.16. The van der Waals surface area contributed by atoms with Crippen molar-refractivity contribution in [2.24, 2.45) is 5.92 Å². The Morgan fingerprint density at radius 1 is 0.848 bits per heavy atom. The van der Waals surface area contributed by atoms with Crippen LogP contribution in [0.5, 0.6) is 0 Å². The Balaban J connectivity index is 1.17. The molecule has 3 saturated heterocycles. The normalized spacial score (nSPS) is 21.3. The highest BCUT2D eigenvalue weighted by molar-refractivity contribution is 6.00. The first-order valence-corrected chi connectivity index (χ1v) is 12.0. The van der Waals surface area contributed by atoms with Crippen molar-refractivity contribution < 1.29 is 9.59 Å². The smallest absolute Gasteiger partial charge is 0.228 e. The molecule has 5 rings (SSSR count). The maximum Gasteiger partial charge on any atom is 0.228 e. The first-order chi connectivity index (χ1) is 16.0. The Kier molecular flexibility index (Phi) is 5.91. The van der Waals surface area contributed by atoms with Gasteiger partial charge in [-0.05, 0) is 62.1 Å². The number of benzene rings is 1. The predicted octanol–water partition coefficient (Wildman–Crippen LogP) is 2.40. The van der Waals surface area contributed by atoms with Crippen LogP contribution in [0.1, 0.15) is 30.4 Å². The molecule has 3 aliphatic rings. The Bertz CT molecular complexity index is 1030. The van der Waals surface area contributed by atoms with Crippen molar-refractivity contribution in [2.75, 3.05) is 60.5 Å². The Labute approximate surface area is 195 Å². The molecule has 2 amide bonds. The monoisotopic (exact) mass is 448 g/mol.